The van der Waals surface area contributed by atoms with Gasteiger partial charge in [0, 0.05) is 12.6 Å². The largest absolute Gasteiger partial charge is 0.496 e. The molecule has 0 fully saturated rings. The number of nitrogens with zero attached hydrogens (tertiary/aromatic N) is 3. The van der Waals surface area contributed by atoms with Crippen molar-refractivity contribution in [2.24, 2.45) is 7.05 Å². The highest BCUT2D eigenvalue weighted by Gasteiger charge is 2.15. The summed E-state index contributed by atoms with van der Waals surface area (Å²) in [5.41, 5.74) is 4.18. The van der Waals surface area contributed by atoms with Gasteiger partial charge in [0.05, 0.1) is 19.3 Å². The molecule has 2 aromatic heterocycles. The number of aromatic nitrogens is 4. The van der Waals surface area contributed by atoms with E-state index in [4.69, 9.17) is 17.0 Å². The zero-order valence-corrected chi connectivity index (χ0v) is 13.2. The Morgan fingerprint density at radius 1 is 1.33 bits per heavy atom. The van der Waals surface area contributed by atoms with Crippen LogP contribution in [0.1, 0.15) is 18.2 Å². The van der Waals surface area contributed by atoms with Crippen molar-refractivity contribution in [2.45, 2.75) is 19.9 Å². The minimum atomic E-state index is 0.658. The van der Waals surface area contributed by atoms with E-state index in [9.17, 15) is 0 Å². The van der Waals surface area contributed by atoms with Crippen molar-refractivity contribution in [2.75, 3.05) is 7.11 Å². The van der Waals surface area contributed by atoms with Crippen LogP contribution in [0.2, 0.25) is 0 Å². The molecule has 1 N–H and O–H groups in total. The molecule has 0 bridgehead atoms. The van der Waals surface area contributed by atoms with Gasteiger partial charge >= 0.3 is 0 Å². The molecular weight excluding hydrogens is 284 g/mol. The Bertz CT molecular complexity index is 843. The van der Waals surface area contributed by atoms with Gasteiger partial charge < -0.3 is 9.72 Å². The molecule has 5 nitrogen and oxygen atoms in total. The summed E-state index contributed by atoms with van der Waals surface area (Å²) < 4.78 is 10.1. The maximum atomic E-state index is 5.48. The van der Waals surface area contributed by atoms with Gasteiger partial charge in [-0.05, 0) is 24.7 Å². The molecule has 0 spiro atoms. The molecule has 2 heterocycles. The third-order valence-corrected chi connectivity index (χ3v) is 4.00. The fourth-order valence-electron chi connectivity index (χ4n) is 2.68. The van der Waals surface area contributed by atoms with Gasteiger partial charge in [-0.1, -0.05) is 25.1 Å². The van der Waals surface area contributed by atoms with E-state index in [0.717, 1.165) is 34.6 Å². The monoisotopic (exact) mass is 302 g/mol. The van der Waals surface area contributed by atoms with E-state index in [2.05, 4.69) is 27.6 Å². The Kier molecular flexibility index (Phi) is 3.55. The average molecular weight is 302 g/mol. The van der Waals surface area contributed by atoms with Crippen molar-refractivity contribution in [3.63, 3.8) is 0 Å². The van der Waals surface area contributed by atoms with Crippen LogP contribution in [0.3, 0.4) is 0 Å². The van der Waals surface area contributed by atoms with Gasteiger partial charge in [-0.25, -0.2) is 0 Å². The first-order valence-electron chi connectivity index (χ1n) is 6.92. The lowest BCUT2D eigenvalue weighted by molar-refractivity contribution is 0.408. The molecule has 6 heteroatoms. The summed E-state index contributed by atoms with van der Waals surface area (Å²) in [6.45, 7) is 2.75. The number of hydrogen-bond acceptors (Lipinski definition) is 3. The first kappa shape index (κ1) is 13.9. The lowest BCUT2D eigenvalue weighted by Gasteiger charge is -2.09. The van der Waals surface area contributed by atoms with Crippen molar-refractivity contribution >= 4 is 23.4 Å². The van der Waals surface area contributed by atoms with Crippen LogP contribution in [-0.4, -0.2) is 26.4 Å². The number of hydrogen-bond donors (Lipinski definition) is 1. The van der Waals surface area contributed by atoms with Gasteiger partial charge in [-0.2, -0.15) is 5.10 Å². The predicted octanol–water partition coefficient (Wildman–Crippen LogP) is 3.05. The second kappa shape index (κ2) is 5.37. The maximum Gasteiger partial charge on any atom is 0.179 e. The summed E-state index contributed by atoms with van der Waals surface area (Å²) >= 11 is 5.48. The van der Waals surface area contributed by atoms with Gasteiger partial charge in [0.15, 0.2) is 10.4 Å². The molecule has 0 atom stereocenters. The number of benzene rings is 1. The predicted molar refractivity (Wildman–Crippen MR) is 85.4 cm³/mol. The van der Waals surface area contributed by atoms with Gasteiger partial charge in [0.2, 0.25) is 0 Å². The molecule has 0 amide bonds. The van der Waals surface area contributed by atoms with Crippen LogP contribution in [0.15, 0.2) is 24.3 Å². The number of aromatic amines is 1. The highest BCUT2D eigenvalue weighted by atomic mass is 32.1. The summed E-state index contributed by atoms with van der Waals surface area (Å²) in [7, 11) is 3.63. The Morgan fingerprint density at radius 2 is 2.10 bits per heavy atom. The number of ether oxygens (including phenoxy) is 1. The number of H-pyrrole nitrogens is 1. The zero-order valence-electron chi connectivity index (χ0n) is 12.4. The van der Waals surface area contributed by atoms with Gasteiger partial charge in [0.1, 0.15) is 11.3 Å². The molecule has 0 aliphatic heterocycles. The molecule has 3 rings (SSSR count). The molecule has 1 aromatic carbocycles. The van der Waals surface area contributed by atoms with Crippen LogP contribution in [0, 0.1) is 4.77 Å². The molecule has 0 unspecified atom stereocenters. The summed E-state index contributed by atoms with van der Waals surface area (Å²) in [6, 6.07) is 7.99. The number of methoxy groups -OCH3 is 1. The lowest BCUT2D eigenvalue weighted by Crippen LogP contribution is -2.05. The Hall–Kier alpha value is -2.08. The van der Waals surface area contributed by atoms with Crippen molar-refractivity contribution < 1.29 is 4.74 Å². The average Bonchev–Trinajstić information content (AvgIpc) is 2.97. The number of nitrogens with one attached hydrogen (secondary N) is 1. The topological polar surface area (TPSA) is 47.8 Å². The van der Waals surface area contributed by atoms with Crippen molar-refractivity contribution in [1.29, 1.82) is 0 Å². The highest BCUT2D eigenvalue weighted by Crippen LogP contribution is 2.23. The van der Waals surface area contributed by atoms with Gasteiger partial charge in [0.25, 0.3) is 0 Å². The number of fused-ring (bicyclic) bond motifs is 1. The first-order valence-corrected chi connectivity index (χ1v) is 7.32. The summed E-state index contributed by atoms with van der Waals surface area (Å²) in [5, 5.41) is 4.54. The number of aryl methyl sites for hydroxylation is 2. The summed E-state index contributed by atoms with van der Waals surface area (Å²) in [5.74, 6) is 0.867. The fraction of sp³-hybridized carbons (Fsp3) is 0.333. The lowest BCUT2D eigenvalue weighted by atomic mass is 10.2. The van der Waals surface area contributed by atoms with Crippen LogP contribution in [0.4, 0.5) is 0 Å². The molecule has 21 heavy (non-hydrogen) atoms. The molecule has 0 aliphatic carbocycles. The summed E-state index contributed by atoms with van der Waals surface area (Å²) in [4.78, 5) is 3.28. The number of rotatable bonds is 4. The van der Waals surface area contributed by atoms with Crippen LogP contribution < -0.4 is 4.74 Å². The third kappa shape index (κ3) is 2.25. The summed E-state index contributed by atoms with van der Waals surface area (Å²) in [6.07, 6.45) is 0.876. The Labute approximate surface area is 128 Å². The second-order valence-corrected chi connectivity index (χ2v) is 5.34. The molecular formula is C15H18N4OS. The molecule has 110 valence electrons. The minimum absolute atomic E-state index is 0.658. The second-order valence-electron chi connectivity index (χ2n) is 4.95. The van der Waals surface area contributed by atoms with Crippen molar-refractivity contribution in [3.8, 4) is 5.75 Å². The van der Waals surface area contributed by atoms with E-state index in [-0.39, 0.29) is 0 Å². The number of imidazole rings is 1. The standard InChI is InChI=1S/C15H18N4OS/c1-4-11-13-14(18(2)17-11)19(15(21)16-13)9-10-7-5-6-8-12(10)20-3/h5-8H,4,9H2,1-3H3,(H,16,21). The van der Waals surface area contributed by atoms with Crippen LogP contribution in [-0.2, 0) is 20.0 Å². The minimum Gasteiger partial charge on any atom is -0.496 e. The normalized spacial score (nSPS) is 11.2. The van der Waals surface area contributed by atoms with E-state index in [1.54, 1.807) is 7.11 Å². The van der Waals surface area contributed by atoms with Crippen molar-refractivity contribution in [1.82, 2.24) is 19.3 Å². The smallest absolute Gasteiger partial charge is 0.179 e. The Morgan fingerprint density at radius 3 is 2.81 bits per heavy atom. The van der Waals surface area contributed by atoms with E-state index in [1.807, 2.05) is 29.9 Å². The quantitative estimate of drug-likeness (QED) is 0.754. The SMILES string of the molecule is CCc1nn(C)c2c1[nH]c(=S)n2Cc1ccccc1OC. The first-order chi connectivity index (χ1) is 10.2. The Balaban J connectivity index is 2.15. The van der Waals surface area contributed by atoms with Gasteiger partial charge in [-0.3, -0.25) is 9.25 Å². The molecule has 0 saturated carbocycles. The van der Waals surface area contributed by atoms with E-state index >= 15 is 0 Å². The molecule has 0 saturated heterocycles. The third-order valence-electron chi connectivity index (χ3n) is 3.68. The van der Waals surface area contributed by atoms with Crippen LogP contribution in [0.5, 0.6) is 5.75 Å². The number of para-hydroxylation sites is 1. The van der Waals surface area contributed by atoms with Crippen LogP contribution in [0.25, 0.3) is 11.2 Å². The zero-order chi connectivity index (χ0) is 15.0. The molecule has 3 aromatic rings. The van der Waals surface area contributed by atoms with E-state index in [0.29, 0.717) is 11.3 Å². The van der Waals surface area contributed by atoms with Gasteiger partial charge in [-0.15, -0.1) is 0 Å². The van der Waals surface area contributed by atoms with E-state index in [1.165, 1.54) is 0 Å². The molecule has 0 aliphatic rings. The van der Waals surface area contributed by atoms with Crippen molar-refractivity contribution in [3.05, 3.63) is 40.3 Å². The molecule has 0 radical (unpaired) electrons. The highest BCUT2D eigenvalue weighted by molar-refractivity contribution is 7.71. The van der Waals surface area contributed by atoms with Crippen LogP contribution >= 0.6 is 12.2 Å². The van der Waals surface area contributed by atoms with E-state index < -0.39 is 0 Å². The maximum absolute atomic E-state index is 5.48. The fourth-order valence-corrected chi connectivity index (χ4v) is 2.93.